The van der Waals surface area contributed by atoms with Crippen LogP contribution in [-0.2, 0) is 15.7 Å². The molecule has 1 saturated heterocycles. The van der Waals surface area contributed by atoms with Crippen molar-refractivity contribution in [3.8, 4) is 6.07 Å². The summed E-state index contributed by atoms with van der Waals surface area (Å²) < 4.78 is 12.2. The Labute approximate surface area is 143 Å². The smallest absolute Gasteiger partial charge is 0.402 e. The van der Waals surface area contributed by atoms with Crippen molar-refractivity contribution in [1.29, 1.82) is 5.26 Å². The Morgan fingerprint density at radius 1 is 1.25 bits per heavy atom. The number of carbonyl (C=O) groups excluding carboxylic acids is 1. The molecular formula is C18H23BN2O3. The molecule has 2 heterocycles. The van der Waals surface area contributed by atoms with Crippen LogP contribution in [0.15, 0.2) is 24.3 Å². The molecule has 1 amide bonds. The van der Waals surface area contributed by atoms with Crippen LogP contribution in [0.4, 0.5) is 0 Å². The van der Waals surface area contributed by atoms with Gasteiger partial charge in [-0.3, -0.25) is 4.79 Å². The van der Waals surface area contributed by atoms with Gasteiger partial charge in [0, 0.05) is 12.1 Å². The zero-order valence-electron chi connectivity index (χ0n) is 14.7. The number of nitriles is 1. The van der Waals surface area contributed by atoms with E-state index in [1.807, 2.05) is 52.0 Å². The normalized spacial score (nSPS) is 22.9. The minimum Gasteiger partial charge on any atom is -0.402 e. The van der Waals surface area contributed by atoms with E-state index in [-0.39, 0.29) is 12.3 Å². The van der Waals surface area contributed by atoms with Gasteiger partial charge in [0.25, 0.3) is 5.91 Å². The van der Waals surface area contributed by atoms with Crippen LogP contribution in [0.1, 0.15) is 50.0 Å². The molecular weight excluding hydrogens is 303 g/mol. The van der Waals surface area contributed by atoms with Gasteiger partial charge < -0.3 is 14.2 Å². The van der Waals surface area contributed by atoms with Gasteiger partial charge in [-0.25, -0.2) is 0 Å². The van der Waals surface area contributed by atoms with E-state index in [1.54, 1.807) is 4.90 Å². The molecule has 0 bridgehead atoms. The quantitative estimate of drug-likeness (QED) is 0.801. The van der Waals surface area contributed by atoms with Gasteiger partial charge in [-0.2, -0.15) is 5.26 Å². The number of rotatable bonds is 3. The van der Waals surface area contributed by atoms with E-state index in [1.165, 1.54) is 0 Å². The summed E-state index contributed by atoms with van der Waals surface area (Å²) in [7, 11) is -0.594. The molecule has 0 spiro atoms. The van der Waals surface area contributed by atoms with E-state index in [4.69, 9.17) is 9.31 Å². The van der Waals surface area contributed by atoms with Crippen molar-refractivity contribution in [3.63, 3.8) is 0 Å². The van der Waals surface area contributed by atoms with Gasteiger partial charge in [-0.1, -0.05) is 18.2 Å². The molecule has 1 aromatic rings. The van der Waals surface area contributed by atoms with E-state index in [0.717, 1.165) is 12.0 Å². The molecule has 0 saturated carbocycles. The van der Waals surface area contributed by atoms with Crippen LogP contribution >= 0.6 is 0 Å². The first-order chi connectivity index (χ1) is 11.3. The van der Waals surface area contributed by atoms with E-state index in [9.17, 15) is 10.1 Å². The molecule has 3 rings (SSSR count). The van der Waals surface area contributed by atoms with Gasteiger partial charge in [0.05, 0.1) is 29.6 Å². The summed E-state index contributed by atoms with van der Waals surface area (Å²) in [5.74, 6) is -0.455. The van der Waals surface area contributed by atoms with Crippen molar-refractivity contribution in [2.45, 2.75) is 57.7 Å². The van der Waals surface area contributed by atoms with Gasteiger partial charge in [0.15, 0.2) is 0 Å². The Kier molecular flexibility index (Phi) is 4.19. The molecule has 2 aliphatic heterocycles. The minimum atomic E-state index is -0.594. The van der Waals surface area contributed by atoms with Crippen LogP contribution in [0.25, 0.3) is 0 Å². The van der Waals surface area contributed by atoms with Gasteiger partial charge >= 0.3 is 7.12 Å². The second-order valence-corrected chi connectivity index (χ2v) is 7.46. The Morgan fingerprint density at radius 3 is 2.50 bits per heavy atom. The number of carbonyl (C=O) groups is 1. The molecule has 2 aliphatic rings. The first-order valence-corrected chi connectivity index (χ1v) is 8.38. The number of fused-ring (bicyclic) bond motifs is 1. The predicted octanol–water partition coefficient (Wildman–Crippen LogP) is 2.60. The number of benzene rings is 1. The standard InChI is InChI=1S/C18H23BN2O3/c1-17(2)18(3,4)24-19(23-17)15(9-11-20)21-12-10-13-7-5-6-8-14(13)16(21)22/h5-8,15H,9-10,12H2,1-4H3/t15-/m1/s1. The van der Waals surface area contributed by atoms with Crippen molar-refractivity contribution < 1.29 is 14.1 Å². The zero-order valence-corrected chi connectivity index (χ0v) is 14.7. The van der Waals surface area contributed by atoms with Crippen LogP contribution in [0.3, 0.4) is 0 Å². The van der Waals surface area contributed by atoms with Crippen LogP contribution in [-0.4, -0.2) is 41.6 Å². The molecule has 0 radical (unpaired) electrons. The molecule has 1 atom stereocenters. The molecule has 24 heavy (non-hydrogen) atoms. The SMILES string of the molecule is CC1(C)OB([C@@H](CC#N)N2CCc3ccccc3C2=O)OC1(C)C. The van der Waals surface area contributed by atoms with E-state index >= 15 is 0 Å². The lowest BCUT2D eigenvalue weighted by Crippen LogP contribution is -2.53. The summed E-state index contributed by atoms with van der Waals surface area (Å²) in [5.41, 5.74) is 0.802. The molecule has 6 heteroatoms. The third-order valence-corrected chi connectivity index (χ3v) is 5.42. The molecule has 0 N–H and O–H groups in total. The predicted molar refractivity (Wildman–Crippen MR) is 91.3 cm³/mol. The lowest BCUT2D eigenvalue weighted by atomic mass is 9.74. The van der Waals surface area contributed by atoms with Crippen LogP contribution < -0.4 is 0 Å². The maximum Gasteiger partial charge on any atom is 0.483 e. The van der Waals surface area contributed by atoms with E-state index in [2.05, 4.69) is 6.07 Å². The highest BCUT2D eigenvalue weighted by molar-refractivity contribution is 6.48. The number of hydrogen-bond donors (Lipinski definition) is 0. The monoisotopic (exact) mass is 326 g/mol. The third-order valence-electron chi connectivity index (χ3n) is 5.42. The lowest BCUT2D eigenvalue weighted by Gasteiger charge is -2.35. The number of amides is 1. The average molecular weight is 326 g/mol. The maximum absolute atomic E-state index is 12.9. The summed E-state index contributed by atoms with van der Waals surface area (Å²) >= 11 is 0. The van der Waals surface area contributed by atoms with E-state index < -0.39 is 24.3 Å². The van der Waals surface area contributed by atoms with Crippen molar-refractivity contribution in [2.24, 2.45) is 0 Å². The van der Waals surface area contributed by atoms with Crippen molar-refractivity contribution >= 4 is 13.0 Å². The van der Waals surface area contributed by atoms with Crippen LogP contribution in [0.5, 0.6) is 0 Å². The van der Waals surface area contributed by atoms with Crippen molar-refractivity contribution in [3.05, 3.63) is 35.4 Å². The molecule has 126 valence electrons. The first kappa shape index (κ1) is 17.0. The van der Waals surface area contributed by atoms with Gasteiger partial charge in [0.1, 0.15) is 0 Å². The molecule has 1 aromatic carbocycles. The molecule has 5 nitrogen and oxygen atoms in total. The fourth-order valence-electron chi connectivity index (χ4n) is 3.25. The minimum absolute atomic E-state index is 0.0492. The molecule has 0 unspecified atom stereocenters. The molecule has 0 aromatic heterocycles. The van der Waals surface area contributed by atoms with Crippen molar-refractivity contribution in [2.75, 3.05) is 6.54 Å². The second-order valence-electron chi connectivity index (χ2n) is 7.46. The van der Waals surface area contributed by atoms with Crippen LogP contribution in [0.2, 0.25) is 0 Å². The molecule has 1 fully saturated rings. The Balaban J connectivity index is 1.88. The Hall–Kier alpha value is -1.84. The fraction of sp³-hybridized carbons (Fsp3) is 0.556. The average Bonchev–Trinajstić information content (AvgIpc) is 2.74. The summed E-state index contributed by atoms with van der Waals surface area (Å²) in [6.07, 6.45) is 0.966. The third kappa shape index (κ3) is 2.72. The highest BCUT2D eigenvalue weighted by Gasteiger charge is 2.55. The zero-order chi connectivity index (χ0) is 17.5. The summed E-state index contributed by atoms with van der Waals surface area (Å²) in [6, 6.07) is 9.83. The largest absolute Gasteiger partial charge is 0.483 e. The fourth-order valence-corrected chi connectivity index (χ4v) is 3.25. The number of hydrogen-bond acceptors (Lipinski definition) is 4. The summed E-state index contributed by atoms with van der Waals surface area (Å²) in [5, 5.41) is 9.27. The second kappa shape index (κ2) is 5.91. The first-order valence-electron chi connectivity index (χ1n) is 8.38. The number of nitrogens with zero attached hydrogens (tertiary/aromatic N) is 2. The van der Waals surface area contributed by atoms with Crippen LogP contribution in [0, 0.1) is 11.3 Å². The topological polar surface area (TPSA) is 62.6 Å². The summed E-state index contributed by atoms with van der Waals surface area (Å²) in [6.45, 7) is 8.48. The Morgan fingerprint density at radius 2 is 1.88 bits per heavy atom. The van der Waals surface area contributed by atoms with Crippen molar-refractivity contribution in [1.82, 2.24) is 4.90 Å². The highest BCUT2D eigenvalue weighted by atomic mass is 16.7. The van der Waals surface area contributed by atoms with E-state index in [0.29, 0.717) is 12.1 Å². The summed E-state index contributed by atoms with van der Waals surface area (Å²) in [4.78, 5) is 14.7. The highest BCUT2D eigenvalue weighted by Crippen LogP contribution is 2.39. The lowest BCUT2D eigenvalue weighted by molar-refractivity contribution is 0.00578. The maximum atomic E-state index is 12.9. The molecule has 0 aliphatic carbocycles. The van der Waals surface area contributed by atoms with Gasteiger partial charge in [0.2, 0.25) is 0 Å². The Bertz CT molecular complexity index is 680. The van der Waals surface area contributed by atoms with Gasteiger partial charge in [-0.15, -0.1) is 0 Å². The van der Waals surface area contributed by atoms with Gasteiger partial charge in [-0.05, 0) is 45.7 Å².